The summed E-state index contributed by atoms with van der Waals surface area (Å²) in [4.78, 5) is 0. The van der Waals surface area contributed by atoms with E-state index >= 15 is 0 Å². The van der Waals surface area contributed by atoms with Gasteiger partial charge in [-0.05, 0) is 19.3 Å². The maximum Gasteiger partial charge on any atom is 0.0951 e. The van der Waals surface area contributed by atoms with Crippen LogP contribution >= 0.6 is 0 Å². The second kappa shape index (κ2) is 5.33. The van der Waals surface area contributed by atoms with Crippen LogP contribution < -0.4 is 5.32 Å². The minimum absolute atomic E-state index is 0.110. The lowest BCUT2D eigenvalue weighted by Crippen LogP contribution is -2.45. The van der Waals surface area contributed by atoms with Crippen LogP contribution in [0.2, 0.25) is 0 Å². The molecule has 0 heterocycles. The van der Waals surface area contributed by atoms with Crippen LogP contribution in [0.1, 0.15) is 45.4 Å². The first-order chi connectivity index (χ1) is 6.70. The second-order valence-electron chi connectivity index (χ2n) is 4.26. The maximum absolute atomic E-state index is 10.1. The van der Waals surface area contributed by atoms with E-state index in [-0.39, 0.29) is 6.04 Å². The molecule has 1 aliphatic rings. The third-order valence-electron chi connectivity index (χ3n) is 3.03. The largest absolute Gasteiger partial charge is 0.389 e. The summed E-state index contributed by atoms with van der Waals surface area (Å²) < 4.78 is 0. The van der Waals surface area contributed by atoms with E-state index in [9.17, 15) is 5.11 Å². The summed E-state index contributed by atoms with van der Waals surface area (Å²) in [5, 5.41) is 22.0. The Bertz CT molecular complexity index is 204. The Morgan fingerprint density at radius 2 is 2.07 bits per heavy atom. The smallest absolute Gasteiger partial charge is 0.0951 e. The van der Waals surface area contributed by atoms with Crippen LogP contribution in [0, 0.1) is 11.3 Å². The van der Waals surface area contributed by atoms with Crippen molar-refractivity contribution in [1.29, 1.82) is 5.26 Å². The molecule has 0 bridgehead atoms. The van der Waals surface area contributed by atoms with Gasteiger partial charge in [-0.3, -0.25) is 5.32 Å². The predicted molar refractivity (Wildman–Crippen MR) is 55.7 cm³/mol. The number of nitrogens with one attached hydrogen (secondary N) is 1. The second-order valence-corrected chi connectivity index (χ2v) is 4.26. The first-order valence-electron chi connectivity index (χ1n) is 5.55. The van der Waals surface area contributed by atoms with Crippen LogP contribution in [0.3, 0.4) is 0 Å². The zero-order valence-corrected chi connectivity index (χ0v) is 8.92. The Morgan fingerprint density at radius 3 is 2.57 bits per heavy atom. The van der Waals surface area contributed by atoms with Gasteiger partial charge in [-0.25, -0.2) is 0 Å². The molecular weight excluding hydrogens is 176 g/mol. The monoisotopic (exact) mass is 196 g/mol. The van der Waals surface area contributed by atoms with Gasteiger partial charge in [-0.1, -0.05) is 26.2 Å². The van der Waals surface area contributed by atoms with E-state index in [1.807, 2.05) is 6.92 Å². The van der Waals surface area contributed by atoms with Crippen LogP contribution in [0.25, 0.3) is 0 Å². The van der Waals surface area contributed by atoms with Crippen LogP contribution in [0.4, 0.5) is 0 Å². The number of nitrogens with zero attached hydrogens (tertiary/aromatic N) is 1. The van der Waals surface area contributed by atoms with Crippen molar-refractivity contribution < 1.29 is 5.11 Å². The minimum atomic E-state index is -0.553. The number of rotatable bonds is 4. The Balaban J connectivity index is 2.31. The molecule has 0 spiro atoms. The fraction of sp³-hybridized carbons (Fsp3) is 0.909. The van der Waals surface area contributed by atoms with Gasteiger partial charge in [0.2, 0.25) is 0 Å². The van der Waals surface area contributed by atoms with Crippen molar-refractivity contribution in [2.75, 3.05) is 6.54 Å². The van der Waals surface area contributed by atoms with Gasteiger partial charge < -0.3 is 5.11 Å². The molecule has 1 fully saturated rings. The van der Waals surface area contributed by atoms with Crippen molar-refractivity contribution in [3.8, 4) is 6.07 Å². The van der Waals surface area contributed by atoms with Gasteiger partial charge in [0.15, 0.2) is 0 Å². The third kappa shape index (κ3) is 3.28. The fourth-order valence-corrected chi connectivity index (χ4v) is 1.98. The number of nitriles is 1. The van der Waals surface area contributed by atoms with Crippen molar-refractivity contribution in [3.63, 3.8) is 0 Å². The van der Waals surface area contributed by atoms with Gasteiger partial charge in [-0.2, -0.15) is 5.26 Å². The zero-order chi connectivity index (χ0) is 10.4. The third-order valence-corrected chi connectivity index (χ3v) is 3.03. The van der Waals surface area contributed by atoms with Crippen LogP contribution in [-0.4, -0.2) is 23.3 Å². The van der Waals surface area contributed by atoms with Gasteiger partial charge in [0.25, 0.3) is 0 Å². The van der Waals surface area contributed by atoms with E-state index in [2.05, 4.69) is 11.4 Å². The lowest BCUT2D eigenvalue weighted by Gasteiger charge is -2.32. The standard InChI is InChI=1S/C11H20N2O/c1-2-10(8-12)13-9-11(14)6-4-3-5-7-11/h10,13-14H,2-7,9H2,1H3. The van der Waals surface area contributed by atoms with Gasteiger partial charge in [0.05, 0.1) is 17.7 Å². The molecule has 0 aromatic heterocycles. The molecule has 3 nitrogen and oxygen atoms in total. The molecule has 1 rings (SSSR count). The number of aliphatic hydroxyl groups is 1. The predicted octanol–water partition coefficient (Wildman–Crippen LogP) is 1.57. The maximum atomic E-state index is 10.1. The van der Waals surface area contributed by atoms with E-state index < -0.39 is 5.60 Å². The summed E-state index contributed by atoms with van der Waals surface area (Å²) in [6.45, 7) is 2.55. The summed E-state index contributed by atoms with van der Waals surface area (Å²) in [5.74, 6) is 0. The number of hydrogen-bond donors (Lipinski definition) is 2. The summed E-state index contributed by atoms with van der Waals surface area (Å²) in [6.07, 6.45) is 6.01. The molecule has 0 aromatic carbocycles. The van der Waals surface area contributed by atoms with E-state index in [0.29, 0.717) is 6.54 Å². The first kappa shape index (κ1) is 11.5. The molecule has 0 aromatic rings. The summed E-state index contributed by atoms with van der Waals surface area (Å²) in [7, 11) is 0. The van der Waals surface area contributed by atoms with Gasteiger partial charge in [0, 0.05) is 6.54 Å². The van der Waals surface area contributed by atoms with Gasteiger partial charge in [0.1, 0.15) is 0 Å². The molecule has 1 unspecified atom stereocenters. The van der Waals surface area contributed by atoms with Crippen molar-refractivity contribution in [3.05, 3.63) is 0 Å². The highest BCUT2D eigenvalue weighted by molar-refractivity contribution is 4.92. The fourth-order valence-electron chi connectivity index (χ4n) is 1.98. The molecule has 0 saturated heterocycles. The highest BCUT2D eigenvalue weighted by atomic mass is 16.3. The quantitative estimate of drug-likeness (QED) is 0.717. The molecule has 80 valence electrons. The molecule has 1 aliphatic carbocycles. The molecule has 0 aliphatic heterocycles. The van der Waals surface area contributed by atoms with Crippen molar-refractivity contribution >= 4 is 0 Å². The molecular formula is C11H20N2O. The minimum Gasteiger partial charge on any atom is -0.389 e. The topological polar surface area (TPSA) is 56.0 Å². The average molecular weight is 196 g/mol. The van der Waals surface area contributed by atoms with E-state index in [1.165, 1.54) is 6.42 Å². The first-order valence-corrected chi connectivity index (χ1v) is 5.55. The Morgan fingerprint density at radius 1 is 1.43 bits per heavy atom. The van der Waals surface area contributed by atoms with E-state index in [1.54, 1.807) is 0 Å². The van der Waals surface area contributed by atoms with Crippen LogP contribution in [0.5, 0.6) is 0 Å². The van der Waals surface area contributed by atoms with E-state index in [4.69, 9.17) is 5.26 Å². The van der Waals surface area contributed by atoms with Crippen LogP contribution in [-0.2, 0) is 0 Å². The normalized spacial score (nSPS) is 22.6. The molecule has 0 amide bonds. The average Bonchev–Trinajstić information content (AvgIpc) is 2.20. The lowest BCUT2D eigenvalue weighted by molar-refractivity contribution is 0.00378. The highest BCUT2D eigenvalue weighted by Crippen LogP contribution is 2.27. The Labute approximate surface area is 86.1 Å². The Hall–Kier alpha value is -0.590. The molecule has 0 radical (unpaired) electrons. The molecule has 1 saturated carbocycles. The number of hydrogen-bond acceptors (Lipinski definition) is 3. The van der Waals surface area contributed by atoms with E-state index in [0.717, 1.165) is 32.1 Å². The SMILES string of the molecule is CCC(C#N)NCC1(O)CCCCC1. The molecule has 1 atom stereocenters. The molecule has 2 N–H and O–H groups in total. The summed E-state index contributed by atoms with van der Waals surface area (Å²) >= 11 is 0. The molecule has 3 heteroatoms. The Kier molecular flexibility index (Phi) is 4.37. The molecule has 14 heavy (non-hydrogen) atoms. The van der Waals surface area contributed by atoms with Crippen LogP contribution in [0.15, 0.2) is 0 Å². The van der Waals surface area contributed by atoms with Gasteiger partial charge in [-0.15, -0.1) is 0 Å². The van der Waals surface area contributed by atoms with Gasteiger partial charge >= 0.3 is 0 Å². The summed E-state index contributed by atoms with van der Waals surface area (Å²) in [5.41, 5.74) is -0.553. The lowest BCUT2D eigenvalue weighted by atomic mass is 9.85. The van der Waals surface area contributed by atoms with Crippen molar-refractivity contribution in [2.24, 2.45) is 0 Å². The zero-order valence-electron chi connectivity index (χ0n) is 8.92. The van der Waals surface area contributed by atoms with Crippen molar-refractivity contribution in [1.82, 2.24) is 5.32 Å². The van der Waals surface area contributed by atoms with Crippen molar-refractivity contribution in [2.45, 2.75) is 57.1 Å². The highest BCUT2D eigenvalue weighted by Gasteiger charge is 2.29. The summed E-state index contributed by atoms with van der Waals surface area (Å²) in [6, 6.07) is 2.08.